The standard InChI is InChI=1S/C16H15N3S/c1-11-4-5-13-14(8-17)16(20-15(13)7-11)19-10-12-3-2-6-18-9-12/h2-3,6,9-11H,4-5,7H2,1H3/b19-10+. The molecule has 3 rings (SSSR count). The molecule has 0 aliphatic heterocycles. The van der Waals surface area contributed by atoms with Crippen molar-refractivity contribution < 1.29 is 0 Å². The number of hydrogen-bond acceptors (Lipinski definition) is 4. The Morgan fingerprint density at radius 2 is 2.45 bits per heavy atom. The Morgan fingerprint density at radius 3 is 3.20 bits per heavy atom. The molecule has 0 bridgehead atoms. The lowest BCUT2D eigenvalue weighted by Crippen LogP contribution is -2.09. The molecule has 1 aliphatic rings. The average Bonchev–Trinajstić information content (AvgIpc) is 2.82. The van der Waals surface area contributed by atoms with Crippen LogP contribution in [0.2, 0.25) is 0 Å². The summed E-state index contributed by atoms with van der Waals surface area (Å²) < 4.78 is 0. The molecule has 1 atom stereocenters. The smallest absolute Gasteiger partial charge is 0.134 e. The van der Waals surface area contributed by atoms with E-state index in [9.17, 15) is 5.26 Å². The fourth-order valence-corrected chi connectivity index (χ4v) is 3.83. The van der Waals surface area contributed by atoms with Crippen LogP contribution in [-0.4, -0.2) is 11.2 Å². The van der Waals surface area contributed by atoms with Crippen LogP contribution in [0.25, 0.3) is 0 Å². The minimum absolute atomic E-state index is 0.711. The van der Waals surface area contributed by atoms with E-state index in [4.69, 9.17) is 0 Å². The van der Waals surface area contributed by atoms with Crippen molar-refractivity contribution in [1.82, 2.24) is 4.98 Å². The van der Waals surface area contributed by atoms with Crippen molar-refractivity contribution in [2.24, 2.45) is 10.9 Å². The van der Waals surface area contributed by atoms with Gasteiger partial charge in [0.05, 0.1) is 5.56 Å². The SMILES string of the molecule is CC1CCc2c(sc(/N=C/c3cccnc3)c2C#N)C1. The Balaban J connectivity index is 1.95. The van der Waals surface area contributed by atoms with Crippen molar-refractivity contribution in [3.05, 3.63) is 46.1 Å². The number of fused-ring (bicyclic) bond motifs is 1. The highest BCUT2D eigenvalue weighted by Gasteiger charge is 2.23. The van der Waals surface area contributed by atoms with Crippen molar-refractivity contribution in [1.29, 1.82) is 5.26 Å². The van der Waals surface area contributed by atoms with Gasteiger partial charge in [-0.25, -0.2) is 4.99 Å². The van der Waals surface area contributed by atoms with E-state index in [1.807, 2.05) is 12.1 Å². The van der Waals surface area contributed by atoms with Gasteiger partial charge in [-0.1, -0.05) is 13.0 Å². The van der Waals surface area contributed by atoms with E-state index < -0.39 is 0 Å². The van der Waals surface area contributed by atoms with Gasteiger partial charge in [-0.2, -0.15) is 5.26 Å². The number of nitrogens with zero attached hydrogens (tertiary/aromatic N) is 3. The Labute approximate surface area is 122 Å². The van der Waals surface area contributed by atoms with Gasteiger partial charge >= 0.3 is 0 Å². The molecule has 20 heavy (non-hydrogen) atoms. The molecule has 2 aromatic rings. The maximum Gasteiger partial charge on any atom is 0.134 e. The molecule has 0 fully saturated rings. The van der Waals surface area contributed by atoms with Gasteiger partial charge in [0.25, 0.3) is 0 Å². The largest absolute Gasteiger partial charge is 0.264 e. The molecule has 0 spiro atoms. The zero-order valence-corrected chi connectivity index (χ0v) is 12.2. The molecule has 4 heteroatoms. The topological polar surface area (TPSA) is 49.0 Å². The van der Waals surface area contributed by atoms with Crippen LogP contribution in [0.5, 0.6) is 0 Å². The van der Waals surface area contributed by atoms with Crippen LogP contribution in [0.4, 0.5) is 5.00 Å². The van der Waals surface area contributed by atoms with Crippen LogP contribution >= 0.6 is 11.3 Å². The lowest BCUT2D eigenvalue weighted by atomic mass is 9.89. The highest BCUT2D eigenvalue weighted by Crippen LogP contribution is 2.40. The third-order valence-electron chi connectivity index (χ3n) is 3.62. The molecular weight excluding hydrogens is 266 g/mol. The van der Waals surface area contributed by atoms with Crippen molar-refractivity contribution in [2.75, 3.05) is 0 Å². The molecular formula is C16H15N3S. The molecule has 0 N–H and O–H groups in total. The van der Waals surface area contributed by atoms with Gasteiger partial charge in [-0.15, -0.1) is 11.3 Å². The second kappa shape index (κ2) is 5.56. The number of thiophene rings is 1. The molecule has 2 heterocycles. The normalized spacial score (nSPS) is 17.9. The summed E-state index contributed by atoms with van der Waals surface area (Å²) in [5, 5.41) is 10.2. The third kappa shape index (κ3) is 2.50. The quantitative estimate of drug-likeness (QED) is 0.784. The number of pyridine rings is 1. The molecule has 0 aromatic carbocycles. The Bertz CT molecular complexity index is 680. The first-order chi connectivity index (χ1) is 9.78. The minimum atomic E-state index is 0.711. The number of hydrogen-bond donors (Lipinski definition) is 0. The maximum absolute atomic E-state index is 9.40. The Morgan fingerprint density at radius 1 is 1.55 bits per heavy atom. The van der Waals surface area contributed by atoms with Crippen molar-refractivity contribution in [2.45, 2.75) is 26.2 Å². The van der Waals surface area contributed by atoms with Gasteiger partial charge in [0, 0.05) is 29.0 Å². The summed E-state index contributed by atoms with van der Waals surface area (Å²) in [6, 6.07) is 6.17. The van der Waals surface area contributed by atoms with Gasteiger partial charge in [0.15, 0.2) is 0 Å². The van der Waals surface area contributed by atoms with Crippen LogP contribution in [0.1, 0.15) is 34.9 Å². The summed E-state index contributed by atoms with van der Waals surface area (Å²) in [4.78, 5) is 9.92. The van der Waals surface area contributed by atoms with Gasteiger partial charge < -0.3 is 0 Å². The summed E-state index contributed by atoms with van der Waals surface area (Å²) in [6.45, 7) is 2.27. The van der Waals surface area contributed by atoms with Gasteiger partial charge in [-0.3, -0.25) is 4.98 Å². The number of nitriles is 1. The van der Waals surface area contributed by atoms with E-state index in [2.05, 4.69) is 23.0 Å². The van der Waals surface area contributed by atoms with E-state index >= 15 is 0 Å². The van der Waals surface area contributed by atoms with E-state index in [0.29, 0.717) is 5.92 Å². The molecule has 1 unspecified atom stereocenters. The second-order valence-electron chi connectivity index (χ2n) is 5.19. The first-order valence-electron chi connectivity index (χ1n) is 6.76. The Kier molecular flexibility index (Phi) is 3.62. The molecule has 0 saturated heterocycles. The van der Waals surface area contributed by atoms with E-state index in [1.165, 1.54) is 16.9 Å². The molecule has 2 aromatic heterocycles. The Hall–Kier alpha value is -1.99. The van der Waals surface area contributed by atoms with Crippen LogP contribution in [0.3, 0.4) is 0 Å². The fourth-order valence-electron chi connectivity index (χ4n) is 2.53. The summed E-state index contributed by atoms with van der Waals surface area (Å²) >= 11 is 1.67. The summed E-state index contributed by atoms with van der Waals surface area (Å²) in [6.07, 6.45) is 8.56. The van der Waals surface area contributed by atoms with Crippen LogP contribution in [0, 0.1) is 17.2 Å². The van der Waals surface area contributed by atoms with E-state index in [-0.39, 0.29) is 0 Å². The highest BCUT2D eigenvalue weighted by molar-refractivity contribution is 7.16. The number of aromatic nitrogens is 1. The van der Waals surface area contributed by atoms with Crippen LogP contribution in [-0.2, 0) is 12.8 Å². The molecule has 0 amide bonds. The number of aliphatic imine (C=N–C) groups is 1. The molecule has 1 aliphatic carbocycles. The highest BCUT2D eigenvalue weighted by atomic mass is 32.1. The predicted octanol–water partition coefficient (Wildman–Crippen LogP) is 3.89. The first kappa shape index (κ1) is 13.0. The van der Waals surface area contributed by atoms with Crippen molar-refractivity contribution in [3.63, 3.8) is 0 Å². The zero-order chi connectivity index (χ0) is 13.9. The van der Waals surface area contributed by atoms with Crippen LogP contribution < -0.4 is 0 Å². The summed E-state index contributed by atoms with van der Waals surface area (Å²) in [5.74, 6) is 0.711. The van der Waals surface area contributed by atoms with E-state index in [0.717, 1.165) is 29.0 Å². The summed E-state index contributed by atoms with van der Waals surface area (Å²) in [7, 11) is 0. The molecule has 0 radical (unpaired) electrons. The third-order valence-corrected chi connectivity index (χ3v) is 4.78. The summed E-state index contributed by atoms with van der Waals surface area (Å²) in [5.41, 5.74) is 2.96. The lowest BCUT2D eigenvalue weighted by Gasteiger charge is -2.17. The van der Waals surface area contributed by atoms with Gasteiger partial charge in [0.1, 0.15) is 11.1 Å². The second-order valence-corrected chi connectivity index (χ2v) is 6.27. The average molecular weight is 281 g/mol. The number of rotatable bonds is 2. The van der Waals surface area contributed by atoms with E-state index in [1.54, 1.807) is 29.9 Å². The minimum Gasteiger partial charge on any atom is -0.264 e. The van der Waals surface area contributed by atoms with Crippen molar-refractivity contribution >= 4 is 22.6 Å². The molecule has 3 nitrogen and oxygen atoms in total. The molecule has 100 valence electrons. The lowest BCUT2D eigenvalue weighted by molar-refractivity contribution is 0.507. The van der Waals surface area contributed by atoms with Gasteiger partial charge in [0.2, 0.25) is 0 Å². The maximum atomic E-state index is 9.40. The fraction of sp³-hybridized carbons (Fsp3) is 0.312. The van der Waals surface area contributed by atoms with Crippen molar-refractivity contribution in [3.8, 4) is 6.07 Å². The predicted molar refractivity (Wildman–Crippen MR) is 81.7 cm³/mol. The monoisotopic (exact) mass is 281 g/mol. The molecule has 0 saturated carbocycles. The van der Waals surface area contributed by atoms with Crippen LogP contribution in [0.15, 0.2) is 29.5 Å². The van der Waals surface area contributed by atoms with Gasteiger partial charge in [-0.05, 0) is 36.8 Å². The first-order valence-corrected chi connectivity index (χ1v) is 7.58. The zero-order valence-electron chi connectivity index (χ0n) is 11.3.